The average molecular weight is 406 g/mol. The molecular formula is C25H31N3O2. The fraction of sp³-hybridized carbons (Fsp3) is 0.480. The number of aliphatic imine (C=N–C) groups is 2. The topological polar surface area (TPSA) is 56.1 Å². The predicted molar refractivity (Wildman–Crippen MR) is 121 cm³/mol. The van der Waals surface area contributed by atoms with Crippen LogP contribution in [0.1, 0.15) is 51.6 Å². The highest BCUT2D eigenvalue weighted by Crippen LogP contribution is 2.26. The van der Waals surface area contributed by atoms with Crippen molar-refractivity contribution in [3.63, 3.8) is 0 Å². The van der Waals surface area contributed by atoms with Crippen molar-refractivity contribution in [2.75, 3.05) is 13.2 Å². The summed E-state index contributed by atoms with van der Waals surface area (Å²) in [6.45, 7) is 12.0. The lowest BCUT2D eigenvalue weighted by atomic mass is 10.0. The summed E-state index contributed by atoms with van der Waals surface area (Å²) in [5.41, 5.74) is 5.00. The number of aryl methyl sites for hydroxylation is 1. The monoisotopic (exact) mass is 405 g/mol. The van der Waals surface area contributed by atoms with Gasteiger partial charge in [0.2, 0.25) is 11.8 Å². The lowest BCUT2D eigenvalue weighted by Crippen LogP contribution is -2.13. The van der Waals surface area contributed by atoms with Crippen LogP contribution in [-0.2, 0) is 15.9 Å². The highest BCUT2D eigenvalue weighted by Gasteiger charge is 2.27. The smallest absolute Gasteiger partial charge is 0.235 e. The second kappa shape index (κ2) is 8.58. The molecule has 3 heterocycles. The molecule has 0 amide bonds. The number of hydrogen-bond acceptors (Lipinski definition) is 5. The van der Waals surface area contributed by atoms with E-state index in [2.05, 4.69) is 71.0 Å². The number of hydrogen-bond donors (Lipinski definition) is 0. The van der Waals surface area contributed by atoms with Gasteiger partial charge in [-0.15, -0.1) is 0 Å². The lowest BCUT2D eigenvalue weighted by molar-refractivity contribution is 0.290. The fourth-order valence-electron chi connectivity index (χ4n) is 3.59. The first-order chi connectivity index (χ1) is 14.4. The van der Waals surface area contributed by atoms with E-state index in [1.165, 1.54) is 5.56 Å². The van der Waals surface area contributed by atoms with Gasteiger partial charge in [0, 0.05) is 0 Å². The van der Waals surface area contributed by atoms with Gasteiger partial charge in [0.25, 0.3) is 0 Å². The molecule has 2 aliphatic heterocycles. The molecule has 0 radical (unpaired) electrons. The van der Waals surface area contributed by atoms with E-state index in [1.807, 2.05) is 0 Å². The van der Waals surface area contributed by atoms with Crippen LogP contribution in [0.4, 0.5) is 0 Å². The highest BCUT2D eigenvalue weighted by molar-refractivity contribution is 5.99. The van der Waals surface area contributed by atoms with Crippen LogP contribution in [-0.4, -0.2) is 42.1 Å². The van der Waals surface area contributed by atoms with Gasteiger partial charge >= 0.3 is 0 Å². The Hall–Kier alpha value is -2.69. The van der Waals surface area contributed by atoms with E-state index >= 15 is 0 Å². The van der Waals surface area contributed by atoms with E-state index in [-0.39, 0.29) is 12.1 Å². The largest absolute Gasteiger partial charge is 0.474 e. The zero-order chi connectivity index (χ0) is 21.3. The number of nitrogens with zero attached hydrogens (tertiary/aromatic N) is 3. The second-order valence-corrected chi connectivity index (χ2v) is 8.79. The third-order valence-corrected chi connectivity index (χ3v) is 5.85. The van der Waals surface area contributed by atoms with E-state index in [9.17, 15) is 0 Å². The first kappa shape index (κ1) is 20.6. The van der Waals surface area contributed by atoms with Crippen LogP contribution in [0.3, 0.4) is 0 Å². The zero-order valence-electron chi connectivity index (χ0n) is 18.6. The molecule has 0 unspecified atom stereocenters. The van der Waals surface area contributed by atoms with E-state index in [4.69, 9.17) is 24.4 Å². The minimum absolute atomic E-state index is 0.170. The van der Waals surface area contributed by atoms with Gasteiger partial charge in [-0.2, -0.15) is 0 Å². The van der Waals surface area contributed by atoms with Crippen LogP contribution in [0.2, 0.25) is 0 Å². The molecule has 4 rings (SSSR count). The van der Waals surface area contributed by atoms with Crippen LogP contribution in [0.5, 0.6) is 0 Å². The maximum atomic E-state index is 5.92. The molecule has 5 nitrogen and oxygen atoms in total. The van der Waals surface area contributed by atoms with Gasteiger partial charge in [-0.3, -0.25) is 0 Å². The number of benzene rings is 1. The van der Waals surface area contributed by atoms with Crippen molar-refractivity contribution in [1.82, 2.24) is 4.98 Å². The Labute approximate surface area is 179 Å². The van der Waals surface area contributed by atoms with Crippen LogP contribution >= 0.6 is 0 Å². The van der Waals surface area contributed by atoms with Crippen molar-refractivity contribution in [3.05, 3.63) is 53.3 Å². The summed E-state index contributed by atoms with van der Waals surface area (Å²) >= 11 is 0. The molecule has 2 aromatic rings. The van der Waals surface area contributed by atoms with Gasteiger partial charge in [-0.1, -0.05) is 58.9 Å². The molecule has 0 spiro atoms. The Kier molecular flexibility index (Phi) is 5.89. The summed E-state index contributed by atoms with van der Waals surface area (Å²) in [6.07, 6.45) is 1.02. The summed E-state index contributed by atoms with van der Waals surface area (Å²) in [6, 6.07) is 13.1. The molecule has 0 bridgehead atoms. The molecule has 2 atom stereocenters. The summed E-state index contributed by atoms with van der Waals surface area (Å²) in [5.74, 6) is 2.09. The summed E-state index contributed by atoms with van der Waals surface area (Å²) in [5, 5.41) is 0. The predicted octanol–water partition coefficient (Wildman–Crippen LogP) is 4.91. The maximum absolute atomic E-state index is 5.92. The fourth-order valence-corrected chi connectivity index (χ4v) is 3.59. The molecule has 2 aliphatic rings. The van der Waals surface area contributed by atoms with Crippen molar-refractivity contribution in [3.8, 4) is 11.1 Å². The molecule has 0 aliphatic carbocycles. The molecule has 1 aromatic carbocycles. The number of rotatable bonds is 6. The van der Waals surface area contributed by atoms with Gasteiger partial charge < -0.3 is 9.47 Å². The maximum Gasteiger partial charge on any atom is 0.235 e. The zero-order valence-corrected chi connectivity index (χ0v) is 18.6. The molecule has 0 fully saturated rings. The normalized spacial score (nSPS) is 20.9. The van der Waals surface area contributed by atoms with Gasteiger partial charge in [0.15, 0.2) is 0 Å². The van der Waals surface area contributed by atoms with Crippen molar-refractivity contribution >= 4 is 11.8 Å². The van der Waals surface area contributed by atoms with Gasteiger partial charge in [-0.05, 0) is 47.1 Å². The van der Waals surface area contributed by atoms with Crippen LogP contribution in [0.15, 0.2) is 46.4 Å². The molecule has 158 valence electrons. The van der Waals surface area contributed by atoms with Crippen molar-refractivity contribution in [2.24, 2.45) is 21.8 Å². The van der Waals surface area contributed by atoms with E-state index in [0.29, 0.717) is 36.8 Å². The average Bonchev–Trinajstić information content (AvgIpc) is 3.44. The Bertz CT molecular complexity index is 909. The third-order valence-electron chi connectivity index (χ3n) is 5.85. The quantitative estimate of drug-likeness (QED) is 0.686. The minimum Gasteiger partial charge on any atom is -0.474 e. The van der Waals surface area contributed by atoms with E-state index in [1.54, 1.807) is 0 Å². The lowest BCUT2D eigenvalue weighted by Gasteiger charge is -2.10. The van der Waals surface area contributed by atoms with Gasteiger partial charge in [-0.25, -0.2) is 15.0 Å². The first-order valence-corrected chi connectivity index (χ1v) is 11.0. The molecule has 30 heavy (non-hydrogen) atoms. The summed E-state index contributed by atoms with van der Waals surface area (Å²) < 4.78 is 11.8. The van der Waals surface area contributed by atoms with Crippen molar-refractivity contribution in [2.45, 2.75) is 53.1 Å². The van der Waals surface area contributed by atoms with Crippen LogP contribution in [0.25, 0.3) is 11.1 Å². The molecule has 5 heteroatoms. The van der Waals surface area contributed by atoms with Crippen molar-refractivity contribution < 1.29 is 9.47 Å². The van der Waals surface area contributed by atoms with E-state index in [0.717, 1.165) is 28.9 Å². The van der Waals surface area contributed by atoms with Gasteiger partial charge in [0.1, 0.15) is 24.6 Å². The summed E-state index contributed by atoms with van der Waals surface area (Å²) in [7, 11) is 0. The first-order valence-electron chi connectivity index (χ1n) is 11.0. The number of pyridine rings is 1. The SMILES string of the molecule is CCc1ccc(-c2cc(C3=N[C@@H](C(C)C)CO3)nc(C3=N[C@@H](C(C)C)CO3)c2)cc1. The molecule has 1 aromatic heterocycles. The Balaban J connectivity index is 1.76. The Morgan fingerprint density at radius 1 is 0.800 bits per heavy atom. The Morgan fingerprint density at radius 3 is 1.70 bits per heavy atom. The molecule has 0 saturated heterocycles. The number of ether oxygens (including phenoxy) is 2. The third kappa shape index (κ3) is 4.25. The number of aromatic nitrogens is 1. The van der Waals surface area contributed by atoms with Crippen molar-refractivity contribution in [1.29, 1.82) is 0 Å². The standard InChI is InChI=1S/C25H31N3O2/c1-6-17-7-9-18(10-8-17)19-11-20(24-27-22(13-29-24)15(2)3)26-21(12-19)25-28-23(14-30-25)16(4)5/h7-12,15-16,22-23H,6,13-14H2,1-5H3/t22-,23-/m1/s1. The van der Waals surface area contributed by atoms with E-state index < -0.39 is 0 Å². The second-order valence-electron chi connectivity index (χ2n) is 8.79. The Morgan fingerprint density at radius 2 is 1.30 bits per heavy atom. The van der Waals surface area contributed by atoms with Crippen LogP contribution in [0, 0.1) is 11.8 Å². The molecule has 0 saturated carbocycles. The molecular weight excluding hydrogens is 374 g/mol. The van der Waals surface area contributed by atoms with Crippen LogP contribution < -0.4 is 0 Å². The minimum atomic E-state index is 0.170. The highest BCUT2D eigenvalue weighted by atomic mass is 16.5. The summed E-state index contributed by atoms with van der Waals surface area (Å²) in [4.78, 5) is 14.4. The van der Waals surface area contributed by atoms with Gasteiger partial charge in [0.05, 0.1) is 12.1 Å². The molecule has 0 N–H and O–H groups in total.